The van der Waals surface area contributed by atoms with Gasteiger partial charge in [-0.3, -0.25) is 4.90 Å². The lowest BCUT2D eigenvalue weighted by molar-refractivity contribution is 0.309. The second-order valence-electron chi connectivity index (χ2n) is 5.42. The van der Waals surface area contributed by atoms with Gasteiger partial charge in [0.15, 0.2) is 5.89 Å². The third kappa shape index (κ3) is 2.11. The Bertz CT molecular complexity index is 397. The lowest BCUT2D eigenvalue weighted by Gasteiger charge is -2.25. The molecule has 4 heteroatoms. The molecule has 0 radical (unpaired) electrons. The van der Waals surface area contributed by atoms with Crippen molar-refractivity contribution in [3.05, 3.63) is 17.3 Å². The number of oxazole rings is 1. The highest BCUT2D eigenvalue weighted by Crippen LogP contribution is 2.32. The fraction of sp³-hybridized carbons (Fsp3) is 0.769. The van der Waals surface area contributed by atoms with Crippen molar-refractivity contribution in [1.29, 1.82) is 0 Å². The Morgan fingerprint density at radius 1 is 1.47 bits per heavy atom. The number of hydrogen-bond acceptors (Lipinski definition) is 4. The summed E-state index contributed by atoms with van der Waals surface area (Å²) in [6, 6.07) is 0.479. The van der Waals surface area contributed by atoms with Gasteiger partial charge in [0.2, 0.25) is 0 Å². The Morgan fingerprint density at radius 2 is 2.29 bits per heavy atom. The van der Waals surface area contributed by atoms with E-state index in [0.717, 1.165) is 37.1 Å². The van der Waals surface area contributed by atoms with Crippen molar-refractivity contribution in [2.24, 2.45) is 5.92 Å². The second kappa shape index (κ2) is 4.42. The number of nitrogens with zero attached hydrogens (tertiary/aromatic N) is 2. The van der Waals surface area contributed by atoms with E-state index in [4.69, 9.17) is 9.40 Å². The fourth-order valence-electron chi connectivity index (χ4n) is 2.86. The molecule has 1 aromatic heterocycles. The highest BCUT2D eigenvalue weighted by Gasteiger charge is 2.28. The Labute approximate surface area is 102 Å². The number of nitrogens with one attached hydrogen (secondary N) is 1. The molecule has 4 nitrogen and oxygen atoms in total. The highest BCUT2D eigenvalue weighted by molar-refractivity contribution is 5.15. The Morgan fingerprint density at radius 3 is 2.88 bits per heavy atom. The average Bonchev–Trinajstić information content (AvgIpc) is 2.79. The molecule has 0 bridgehead atoms. The van der Waals surface area contributed by atoms with Gasteiger partial charge in [-0.05, 0) is 52.4 Å². The van der Waals surface area contributed by atoms with Crippen LogP contribution in [0, 0.1) is 12.8 Å². The van der Waals surface area contributed by atoms with Crippen LogP contribution in [0.3, 0.4) is 0 Å². The Balaban J connectivity index is 1.75. The monoisotopic (exact) mass is 235 g/mol. The SMILES string of the molecule is Cc1oc(CC2CNC2)nc1C1CCCN1C. The lowest BCUT2D eigenvalue weighted by Crippen LogP contribution is -2.43. The topological polar surface area (TPSA) is 41.3 Å². The van der Waals surface area contributed by atoms with Gasteiger partial charge in [-0.1, -0.05) is 0 Å². The molecule has 1 N–H and O–H groups in total. The normalized spacial score (nSPS) is 26.4. The van der Waals surface area contributed by atoms with Gasteiger partial charge in [0.1, 0.15) is 5.76 Å². The van der Waals surface area contributed by atoms with Crippen molar-refractivity contribution < 1.29 is 4.42 Å². The molecular formula is C13H21N3O. The largest absolute Gasteiger partial charge is 0.446 e. The predicted octanol–water partition coefficient (Wildman–Crippen LogP) is 1.51. The van der Waals surface area contributed by atoms with Crippen LogP contribution in [0.1, 0.15) is 36.2 Å². The summed E-state index contributed by atoms with van der Waals surface area (Å²) in [6.45, 7) is 5.45. The minimum absolute atomic E-state index is 0.479. The number of likely N-dealkylation sites (tertiary alicyclic amines) is 1. The predicted molar refractivity (Wildman–Crippen MR) is 65.9 cm³/mol. The van der Waals surface area contributed by atoms with E-state index in [9.17, 15) is 0 Å². The van der Waals surface area contributed by atoms with Crippen LogP contribution in [0.4, 0.5) is 0 Å². The fourth-order valence-corrected chi connectivity index (χ4v) is 2.86. The van der Waals surface area contributed by atoms with Gasteiger partial charge in [-0.2, -0.15) is 0 Å². The summed E-state index contributed by atoms with van der Waals surface area (Å²) in [5, 5.41) is 3.29. The molecule has 0 saturated carbocycles. The Hall–Kier alpha value is -0.870. The second-order valence-corrected chi connectivity index (χ2v) is 5.42. The minimum Gasteiger partial charge on any atom is -0.446 e. The van der Waals surface area contributed by atoms with Gasteiger partial charge in [-0.25, -0.2) is 4.98 Å². The summed E-state index contributed by atoms with van der Waals surface area (Å²) in [4.78, 5) is 7.12. The summed E-state index contributed by atoms with van der Waals surface area (Å²) in [5.74, 6) is 2.68. The van der Waals surface area contributed by atoms with Gasteiger partial charge in [-0.15, -0.1) is 0 Å². The number of aromatic nitrogens is 1. The maximum absolute atomic E-state index is 5.82. The van der Waals surface area contributed by atoms with Crippen molar-refractivity contribution in [2.75, 3.05) is 26.7 Å². The van der Waals surface area contributed by atoms with Crippen LogP contribution in [-0.4, -0.2) is 36.6 Å². The molecule has 3 rings (SSSR count). The highest BCUT2D eigenvalue weighted by atomic mass is 16.4. The zero-order chi connectivity index (χ0) is 11.8. The van der Waals surface area contributed by atoms with E-state index >= 15 is 0 Å². The molecule has 3 heterocycles. The van der Waals surface area contributed by atoms with Crippen molar-refractivity contribution in [2.45, 2.75) is 32.2 Å². The van der Waals surface area contributed by atoms with E-state index in [1.807, 2.05) is 0 Å². The molecule has 1 atom stereocenters. The van der Waals surface area contributed by atoms with Gasteiger partial charge >= 0.3 is 0 Å². The third-order valence-corrected chi connectivity index (χ3v) is 4.04. The molecule has 0 amide bonds. The summed E-state index contributed by atoms with van der Waals surface area (Å²) in [7, 11) is 2.18. The molecule has 0 spiro atoms. The first-order valence-electron chi connectivity index (χ1n) is 6.61. The molecule has 0 aliphatic carbocycles. The molecule has 1 unspecified atom stereocenters. The molecule has 2 fully saturated rings. The number of hydrogen-bond donors (Lipinski definition) is 1. The molecule has 1 aromatic rings. The molecule has 2 saturated heterocycles. The van der Waals surface area contributed by atoms with Crippen LogP contribution in [0.25, 0.3) is 0 Å². The van der Waals surface area contributed by atoms with Crippen LogP contribution in [0.15, 0.2) is 4.42 Å². The van der Waals surface area contributed by atoms with Gasteiger partial charge < -0.3 is 9.73 Å². The van der Waals surface area contributed by atoms with Gasteiger partial charge in [0, 0.05) is 6.42 Å². The maximum Gasteiger partial charge on any atom is 0.195 e. The van der Waals surface area contributed by atoms with E-state index in [1.165, 1.54) is 25.1 Å². The van der Waals surface area contributed by atoms with Gasteiger partial charge in [0.25, 0.3) is 0 Å². The van der Waals surface area contributed by atoms with Crippen molar-refractivity contribution in [1.82, 2.24) is 15.2 Å². The van der Waals surface area contributed by atoms with Crippen molar-refractivity contribution in [3.63, 3.8) is 0 Å². The van der Waals surface area contributed by atoms with Crippen LogP contribution in [-0.2, 0) is 6.42 Å². The third-order valence-electron chi connectivity index (χ3n) is 4.04. The standard InChI is InChI=1S/C13H21N3O/c1-9-13(11-4-3-5-16(11)2)15-12(17-9)6-10-7-14-8-10/h10-11,14H,3-8H2,1-2H3. The molecule has 2 aliphatic rings. The smallest absolute Gasteiger partial charge is 0.195 e. The lowest BCUT2D eigenvalue weighted by atomic mass is 10.00. The first-order chi connectivity index (χ1) is 8.24. The van der Waals surface area contributed by atoms with E-state index in [1.54, 1.807) is 0 Å². The summed E-state index contributed by atoms with van der Waals surface area (Å²) in [6.07, 6.45) is 3.48. The zero-order valence-electron chi connectivity index (χ0n) is 10.7. The van der Waals surface area contributed by atoms with Gasteiger partial charge in [0.05, 0.1) is 11.7 Å². The van der Waals surface area contributed by atoms with Crippen LogP contribution in [0.5, 0.6) is 0 Å². The van der Waals surface area contributed by atoms with E-state index < -0.39 is 0 Å². The number of rotatable bonds is 3. The van der Waals surface area contributed by atoms with Crippen LogP contribution in [0.2, 0.25) is 0 Å². The average molecular weight is 235 g/mol. The van der Waals surface area contributed by atoms with Crippen molar-refractivity contribution >= 4 is 0 Å². The summed E-state index contributed by atoms with van der Waals surface area (Å²) < 4.78 is 5.82. The molecule has 2 aliphatic heterocycles. The number of aryl methyl sites for hydroxylation is 1. The molecule has 0 aromatic carbocycles. The molecular weight excluding hydrogens is 214 g/mol. The molecule has 94 valence electrons. The molecule has 17 heavy (non-hydrogen) atoms. The zero-order valence-corrected chi connectivity index (χ0v) is 10.7. The maximum atomic E-state index is 5.82. The summed E-state index contributed by atoms with van der Waals surface area (Å²) in [5.41, 5.74) is 1.17. The summed E-state index contributed by atoms with van der Waals surface area (Å²) >= 11 is 0. The minimum atomic E-state index is 0.479. The quantitative estimate of drug-likeness (QED) is 0.862. The van der Waals surface area contributed by atoms with Crippen LogP contribution < -0.4 is 5.32 Å². The van der Waals surface area contributed by atoms with E-state index in [0.29, 0.717) is 6.04 Å². The first kappa shape index (κ1) is 11.2. The van der Waals surface area contributed by atoms with Crippen LogP contribution >= 0.6 is 0 Å². The Kier molecular flexibility index (Phi) is 2.92. The first-order valence-corrected chi connectivity index (χ1v) is 6.61. The van der Waals surface area contributed by atoms with E-state index in [-0.39, 0.29) is 0 Å². The van der Waals surface area contributed by atoms with E-state index in [2.05, 4.69) is 24.2 Å². The van der Waals surface area contributed by atoms with Crippen molar-refractivity contribution in [3.8, 4) is 0 Å².